The summed E-state index contributed by atoms with van der Waals surface area (Å²) in [5.74, 6) is -1.50. The second-order valence-electron chi connectivity index (χ2n) is 7.03. The van der Waals surface area contributed by atoms with Crippen molar-refractivity contribution < 1.29 is 19.8 Å². The van der Waals surface area contributed by atoms with Gasteiger partial charge in [0.05, 0.1) is 16.8 Å². The number of carbonyl (C=O) groups excluding carboxylic acids is 1. The Kier molecular flexibility index (Phi) is 5.26. The van der Waals surface area contributed by atoms with Crippen LogP contribution in [0.2, 0.25) is 5.02 Å². The van der Waals surface area contributed by atoms with Crippen LogP contribution in [0, 0.1) is 12.3 Å². The summed E-state index contributed by atoms with van der Waals surface area (Å²) < 4.78 is 1.41. The summed E-state index contributed by atoms with van der Waals surface area (Å²) in [5.41, 5.74) is 0.0793. The third-order valence-electron chi connectivity index (χ3n) is 5.21. The molecule has 1 aliphatic rings. The van der Waals surface area contributed by atoms with Crippen molar-refractivity contribution in [3.8, 4) is 0 Å². The lowest BCUT2D eigenvalue weighted by atomic mass is 9.72. The molecule has 1 amide bonds. The van der Waals surface area contributed by atoms with Crippen LogP contribution in [-0.4, -0.2) is 56.0 Å². The summed E-state index contributed by atoms with van der Waals surface area (Å²) >= 11 is 6.22. The van der Waals surface area contributed by atoms with Crippen molar-refractivity contribution in [1.29, 1.82) is 0 Å². The largest absolute Gasteiger partial charge is 0.481 e. The van der Waals surface area contributed by atoms with E-state index in [4.69, 9.17) is 11.6 Å². The van der Waals surface area contributed by atoms with Crippen molar-refractivity contribution in [1.82, 2.24) is 14.7 Å². The zero-order chi connectivity index (χ0) is 19.8. The van der Waals surface area contributed by atoms with E-state index in [2.05, 4.69) is 5.10 Å². The first kappa shape index (κ1) is 19.4. The predicted octanol–water partition coefficient (Wildman–Crippen LogP) is 1.90. The van der Waals surface area contributed by atoms with E-state index in [-0.39, 0.29) is 42.6 Å². The molecule has 2 heterocycles. The zero-order valence-electron chi connectivity index (χ0n) is 15.2. The van der Waals surface area contributed by atoms with Gasteiger partial charge in [0.2, 0.25) is 0 Å². The zero-order valence-corrected chi connectivity index (χ0v) is 16.0. The Morgan fingerprint density at radius 1 is 1.33 bits per heavy atom. The van der Waals surface area contributed by atoms with E-state index in [1.165, 1.54) is 9.58 Å². The molecule has 2 N–H and O–H groups in total. The Morgan fingerprint density at radius 2 is 2.00 bits per heavy atom. The highest BCUT2D eigenvalue weighted by atomic mass is 35.5. The van der Waals surface area contributed by atoms with Crippen molar-refractivity contribution in [2.24, 2.45) is 12.5 Å². The van der Waals surface area contributed by atoms with E-state index in [0.29, 0.717) is 5.69 Å². The molecule has 144 valence electrons. The van der Waals surface area contributed by atoms with Crippen molar-refractivity contribution >= 4 is 23.5 Å². The maximum Gasteiger partial charge on any atom is 0.314 e. The highest BCUT2D eigenvalue weighted by Gasteiger charge is 2.50. The molecule has 0 saturated carbocycles. The molecular formula is C19H22ClN3O4. The number of carbonyl (C=O) groups is 2. The average Bonchev–Trinajstić information content (AvgIpc) is 2.89. The molecule has 0 unspecified atom stereocenters. The van der Waals surface area contributed by atoms with Gasteiger partial charge >= 0.3 is 5.97 Å². The van der Waals surface area contributed by atoms with Crippen LogP contribution in [0.15, 0.2) is 30.3 Å². The number of halogens is 1. The third kappa shape index (κ3) is 3.44. The van der Waals surface area contributed by atoms with E-state index >= 15 is 0 Å². The molecule has 1 saturated heterocycles. The van der Waals surface area contributed by atoms with Crippen molar-refractivity contribution in [3.05, 3.63) is 52.3 Å². The lowest BCUT2D eigenvalue weighted by Crippen LogP contribution is -2.58. The van der Waals surface area contributed by atoms with Gasteiger partial charge in [0.25, 0.3) is 5.91 Å². The number of piperidine rings is 1. The number of nitrogens with zero attached hydrogens (tertiary/aromatic N) is 3. The fourth-order valence-corrected chi connectivity index (χ4v) is 3.93. The number of hydrogen-bond acceptors (Lipinski definition) is 4. The van der Waals surface area contributed by atoms with E-state index < -0.39 is 17.5 Å². The molecule has 3 rings (SSSR count). The van der Waals surface area contributed by atoms with Gasteiger partial charge in [-0.2, -0.15) is 5.10 Å². The lowest BCUT2D eigenvalue weighted by Gasteiger charge is -2.43. The first-order valence-electron chi connectivity index (χ1n) is 8.70. The smallest absolute Gasteiger partial charge is 0.314 e. The van der Waals surface area contributed by atoms with Gasteiger partial charge in [-0.25, -0.2) is 0 Å². The number of aliphatic hydroxyl groups excluding tert-OH is 1. The Balaban J connectivity index is 1.93. The van der Waals surface area contributed by atoms with E-state index in [0.717, 1.165) is 5.56 Å². The first-order valence-corrected chi connectivity index (χ1v) is 9.08. The first-order chi connectivity index (χ1) is 12.8. The molecular weight excluding hydrogens is 370 g/mol. The summed E-state index contributed by atoms with van der Waals surface area (Å²) in [6.07, 6.45) is -0.742. The SMILES string of the molecule is Cc1nn(C)c(C(=O)N2CC[C@H](O)[C@](Cc3ccccc3)(C(=O)O)C2)c1Cl. The van der Waals surface area contributed by atoms with Crippen molar-refractivity contribution in [2.45, 2.75) is 25.9 Å². The van der Waals surface area contributed by atoms with Gasteiger partial charge < -0.3 is 15.1 Å². The van der Waals surface area contributed by atoms with E-state index in [1.807, 2.05) is 30.3 Å². The molecule has 1 fully saturated rings. The predicted molar refractivity (Wildman–Crippen MR) is 99.7 cm³/mol. The molecule has 1 aromatic carbocycles. The number of carboxylic acids is 1. The fourth-order valence-electron chi connectivity index (χ4n) is 3.69. The van der Waals surface area contributed by atoms with E-state index in [9.17, 15) is 19.8 Å². The Labute approximate surface area is 162 Å². The number of likely N-dealkylation sites (tertiary alicyclic amines) is 1. The van der Waals surface area contributed by atoms with Gasteiger partial charge in [-0.15, -0.1) is 0 Å². The molecule has 27 heavy (non-hydrogen) atoms. The molecule has 0 aliphatic carbocycles. The minimum Gasteiger partial charge on any atom is -0.481 e. The Bertz CT molecular complexity index is 867. The molecule has 2 aromatic rings. The van der Waals surface area contributed by atoms with Gasteiger partial charge in [-0.05, 0) is 25.3 Å². The number of aliphatic hydroxyl groups is 1. The highest BCUT2D eigenvalue weighted by molar-refractivity contribution is 6.34. The molecule has 2 atom stereocenters. The number of benzene rings is 1. The molecule has 1 aliphatic heterocycles. The van der Waals surface area contributed by atoms with Crippen LogP contribution in [0.5, 0.6) is 0 Å². The summed E-state index contributed by atoms with van der Waals surface area (Å²) in [6, 6.07) is 9.12. The summed E-state index contributed by atoms with van der Waals surface area (Å²) in [6.45, 7) is 1.86. The number of hydrogen-bond donors (Lipinski definition) is 2. The van der Waals surface area contributed by atoms with Crippen LogP contribution < -0.4 is 0 Å². The van der Waals surface area contributed by atoms with Crippen LogP contribution in [0.25, 0.3) is 0 Å². The number of aryl methyl sites for hydroxylation is 2. The standard InChI is InChI=1S/C19H22ClN3O4/c1-12-15(20)16(22(2)21-12)17(25)23-9-8-14(24)19(11-23,18(26)27)10-13-6-4-3-5-7-13/h3-7,14,24H,8-11H2,1-2H3,(H,26,27)/t14-,19+/m0/s1. The van der Waals surface area contributed by atoms with Crippen molar-refractivity contribution in [3.63, 3.8) is 0 Å². The summed E-state index contributed by atoms with van der Waals surface area (Å²) in [7, 11) is 1.62. The molecule has 7 nitrogen and oxygen atoms in total. The Hall–Kier alpha value is -2.38. The summed E-state index contributed by atoms with van der Waals surface area (Å²) in [5, 5.41) is 24.9. The number of aliphatic carboxylic acids is 1. The summed E-state index contributed by atoms with van der Waals surface area (Å²) in [4.78, 5) is 26.7. The molecule has 0 bridgehead atoms. The van der Waals surface area contributed by atoms with Gasteiger partial charge in [-0.3, -0.25) is 14.3 Å². The molecule has 0 spiro atoms. The maximum atomic E-state index is 13.0. The quantitative estimate of drug-likeness (QED) is 0.829. The van der Waals surface area contributed by atoms with Gasteiger partial charge in [-0.1, -0.05) is 41.9 Å². The number of rotatable bonds is 4. The average molecular weight is 392 g/mol. The minimum absolute atomic E-state index is 0.0994. The van der Waals surface area contributed by atoms with Gasteiger partial charge in [0, 0.05) is 20.1 Å². The van der Waals surface area contributed by atoms with E-state index in [1.54, 1.807) is 14.0 Å². The monoisotopic (exact) mass is 391 g/mol. The molecule has 0 radical (unpaired) electrons. The lowest BCUT2D eigenvalue weighted by molar-refractivity contribution is -0.161. The second-order valence-corrected chi connectivity index (χ2v) is 7.40. The molecule has 8 heteroatoms. The minimum atomic E-state index is -1.48. The number of aromatic nitrogens is 2. The van der Waals surface area contributed by atoms with Crippen LogP contribution in [0.4, 0.5) is 0 Å². The Morgan fingerprint density at radius 3 is 2.56 bits per heavy atom. The van der Waals surface area contributed by atoms with Crippen LogP contribution >= 0.6 is 11.6 Å². The fraction of sp³-hybridized carbons (Fsp3) is 0.421. The molecule has 1 aromatic heterocycles. The third-order valence-corrected chi connectivity index (χ3v) is 5.66. The van der Waals surface area contributed by atoms with Crippen molar-refractivity contribution in [2.75, 3.05) is 13.1 Å². The highest BCUT2D eigenvalue weighted by Crippen LogP contribution is 2.36. The maximum absolute atomic E-state index is 13.0. The van der Waals surface area contributed by atoms with Gasteiger partial charge in [0.15, 0.2) is 0 Å². The van der Waals surface area contributed by atoms with Crippen LogP contribution in [-0.2, 0) is 18.3 Å². The second kappa shape index (κ2) is 7.32. The number of carboxylic acid groups (broad SMARTS) is 1. The normalized spacial score (nSPS) is 22.7. The number of amides is 1. The van der Waals surface area contributed by atoms with Crippen LogP contribution in [0.1, 0.15) is 28.2 Å². The topological polar surface area (TPSA) is 95.7 Å². The van der Waals surface area contributed by atoms with Gasteiger partial charge in [0.1, 0.15) is 11.1 Å². The van der Waals surface area contributed by atoms with Crippen LogP contribution in [0.3, 0.4) is 0 Å².